The Hall–Kier alpha value is -1.75. The summed E-state index contributed by atoms with van der Waals surface area (Å²) in [7, 11) is 0. The number of phenols is 2. The second-order valence-electron chi connectivity index (χ2n) is 3.70. The molecular formula is C11H15N3O2. The first-order valence-electron chi connectivity index (χ1n) is 5.27. The lowest BCUT2D eigenvalue weighted by molar-refractivity contribution is 0.253. The Morgan fingerprint density at radius 3 is 2.62 bits per heavy atom. The molecule has 0 saturated carbocycles. The molecule has 1 aromatic carbocycles. The van der Waals surface area contributed by atoms with Crippen LogP contribution in [0.1, 0.15) is 5.56 Å². The van der Waals surface area contributed by atoms with E-state index in [4.69, 9.17) is 5.11 Å². The maximum Gasteiger partial charge on any atom is 0.158 e. The van der Waals surface area contributed by atoms with Gasteiger partial charge in [0.25, 0.3) is 0 Å². The average Bonchev–Trinajstić information content (AvgIpc) is 2.32. The van der Waals surface area contributed by atoms with Crippen molar-refractivity contribution in [2.45, 2.75) is 0 Å². The van der Waals surface area contributed by atoms with E-state index in [-0.39, 0.29) is 11.5 Å². The molecule has 0 unspecified atom stereocenters. The zero-order valence-electron chi connectivity index (χ0n) is 8.93. The van der Waals surface area contributed by atoms with Crippen molar-refractivity contribution in [2.75, 3.05) is 26.2 Å². The topological polar surface area (TPSA) is 68.1 Å². The molecular weight excluding hydrogens is 206 g/mol. The predicted octanol–water partition coefficient (Wildman–Crippen LogP) is 0.337. The summed E-state index contributed by atoms with van der Waals surface area (Å²) in [5, 5.41) is 28.0. The van der Waals surface area contributed by atoms with E-state index in [1.807, 2.05) is 5.01 Å². The molecule has 0 amide bonds. The van der Waals surface area contributed by atoms with E-state index in [9.17, 15) is 5.11 Å². The summed E-state index contributed by atoms with van der Waals surface area (Å²) in [4.78, 5) is 0. The molecule has 0 atom stereocenters. The Morgan fingerprint density at radius 1 is 1.19 bits per heavy atom. The third-order valence-electron chi connectivity index (χ3n) is 2.46. The molecule has 1 aliphatic heterocycles. The molecule has 0 radical (unpaired) electrons. The van der Waals surface area contributed by atoms with E-state index >= 15 is 0 Å². The summed E-state index contributed by atoms with van der Waals surface area (Å²) in [5.74, 6) is -0.233. The summed E-state index contributed by atoms with van der Waals surface area (Å²) in [6, 6.07) is 4.65. The van der Waals surface area contributed by atoms with Gasteiger partial charge < -0.3 is 15.5 Å². The van der Waals surface area contributed by atoms with Crippen LogP contribution in [0.3, 0.4) is 0 Å². The highest BCUT2D eigenvalue weighted by Gasteiger charge is 2.05. The van der Waals surface area contributed by atoms with Crippen LogP contribution in [0.25, 0.3) is 0 Å². The number of piperazine rings is 1. The number of benzene rings is 1. The Balaban J connectivity index is 2.02. The highest BCUT2D eigenvalue weighted by atomic mass is 16.3. The number of rotatable bonds is 2. The predicted molar refractivity (Wildman–Crippen MR) is 61.8 cm³/mol. The first kappa shape index (κ1) is 10.8. The van der Waals surface area contributed by atoms with Gasteiger partial charge in [0.2, 0.25) is 0 Å². The maximum atomic E-state index is 9.30. The fourth-order valence-corrected chi connectivity index (χ4v) is 1.54. The normalized spacial score (nSPS) is 16.9. The third-order valence-corrected chi connectivity index (χ3v) is 2.46. The van der Waals surface area contributed by atoms with Crippen molar-refractivity contribution in [3.05, 3.63) is 23.8 Å². The Labute approximate surface area is 94.0 Å². The average molecular weight is 221 g/mol. The summed E-state index contributed by atoms with van der Waals surface area (Å²) >= 11 is 0. The van der Waals surface area contributed by atoms with E-state index in [1.165, 1.54) is 12.1 Å². The largest absolute Gasteiger partial charge is 0.504 e. The van der Waals surface area contributed by atoms with Gasteiger partial charge in [0, 0.05) is 26.2 Å². The Bertz CT molecular complexity index is 387. The van der Waals surface area contributed by atoms with Crippen molar-refractivity contribution < 1.29 is 10.2 Å². The molecule has 0 spiro atoms. The molecule has 1 heterocycles. The summed E-state index contributed by atoms with van der Waals surface area (Å²) in [6.45, 7) is 3.66. The first-order valence-corrected chi connectivity index (χ1v) is 5.27. The molecule has 86 valence electrons. The highest BCUT2D eigenvalue weighted by molar-refractivity contribution is 5.80. The van der Waals surface area contributed by atoms with Gasteiger partial charge in [-0.3, -0.25) is 5.01 Å². The standard InChI is InChI=1S/C11H15N3O2/c15-10-2-1-9(7-11(10)16)8-13-14-5-3-12-4-6-14/h1-2,7-8,12,15-16H,3-6H2/b13-8-. The summed E-state index contributed by atoms with van der Waals surface area (Å²) in [5.41, 5.74) is 0.772. The van der Waals surface area contributed by atoms with Gasteiger partial charge in [0.1, 0.15) is 0 Å². The number of phenolic OH excluding ortho intramolecular Hbond substituents is 2. The molecule has 0 bridgehead atoms. The maximum absolute atomic E-state index is 9.30. The van der Waals surface area contributed by atoms with Gasteiger partial charge in [0.15, 0.2) is 11.5 Å². The molecule has 0 aliphatic carbocycles. The van der Waals surface area contributed by atoms with Crippen LogP contribution >= 0.6 is 0 Å². The van der Waals surface area contributed by atoms with Crippen LogP contribution in [0.5, 0.6) is 11.5 Å². The van der Waals surface area contributed by atoms with E-state index in [0.717, 1.165) is 31.7 Å². The number of nitrogens with zero attached hydrogens (tertiary/aromatic N) is 2. The van der Waals surface area contributed by atoms with Crippen LogP contribution in [0, 0.1) is 0 Å². The number of hydrogen-bond acceptors (Lipinski definition) is 5. The number of nitrogens with one attached hydrogen (secondary N) is 1. The van der Waals surface area contributed by atoms with Gasteiger partial charge in [-0.15, -0.1) is 0 Å². The molecule has 3 N–H and O–H groups in total. The van der Waals surface area contributed by atoms with E-state index in [0.29, 0.717) is 0 Å². The van der Waals surface area contributed by atoms with Crippen molar-refractivity contribution in [3.63, 3.8) is 0 Å². The zero-order chi connectivity index (χ0) is 11.4. The molecule has 1 aliphatic rings. The smallest absolute Gasteiger partial charge is 0.158 e. The third kappa shape index (κ3) is 2.64. The summed E-state index contributed by atoms with van der Waals surface area (Å²) in [6.07, 6.45) is 1.68. The molecule has 5 heteroatoms. The second-order valence-corrected chi connectivity index (χ2v) is 3.70. The lowest BCUT2D eigenvalue weighted by atomic mass is 10.2. The Morgan fingerprint density at radius 2 is 1.94 bits per heavy atom. The quantitative estimate of drug-likeness (QED) is 0.497. The molecule has 0 aromatic heterocycles. The van der Waals surface area contributed by atoms with Crippen LogP contribution in [0.2, 0.25) is 0 Å². The Kier molecular flexibility index (Phi) is 3.26. The van der Waals surface area contributed by atoms with Crippen molar-refractivity contribution >= 4 is 6.21 Å². The number of hydrazone groups is 1. The first-order chi connectivity index (χ1) is 7.75. The van der Waals surface area contributed by atoms with E-state index in [2.05, 4.69) is 10.4 Å². The number of aromatic hydroxyl groups is 2. The SMILES string of the molecule is Oc1ccc(/C=N\N2CCNCC2)cc1O. The molecule has 1 aromatic rings. The van der Waals surface area contributed by atoms with Crippen molar-refractivity contribution in [1.29, 1.82) is 0 Å². The van der Waals surface area contributed by atoms with Gasteiger partial charge in [-0.2, -0.15) is 5.10 Å². The van der Waals surface area contributed by atoms with Gasteiger partial charge in [0.05, 0.1) is 6.21 Å². The molecule has 16 heavy (non-hydrogen) atoms. The van der Waals surface area contributed by atoms with Crippen LogP contribution in [0.4, 0.5) is 0 Å². The molecule has 2 rings (SSSR count). The van der Waals surface area contributed by atoms with Crippen molar-refractivity contribution in [1.82, 2.24) is 10.3 Å². The van der Waals surface area contributed by atoms with Crippen LogP contribution < -0.4 is 5.32 Å². The van der Waals surface area contributed by atoms with Crippen LogP contribution in [-0.2, 0) is 0 Å². The molecule has 1 fully saturated rings. The van der Waals surface area contributed by atoms with Crippen molar-refractivity contribution in [3.8, 4) is 11.5 Å². The number of hydrogen-bond donors (Lipinski definition) is 3. The second kappa shape index (κ2) is 4.85. The summed E-state index contributed by atoms with van der Waals surface area (Å²) < 4.78 is 0. The monoisotopic (exact) mass is 221 g/mol. The van der Waals surface area contributed by atoms with Gasteiger partial charge in [-0.05, 0) is 23.8 Å². The molecule has 5 nitrogen and oxygen atoms in total. The van der Waals surface area contributed by atoms with Gasteiger partial charge in [-0.25, -0.2) is 0 Å². The lowest BCUT2D eigenvalue weighted by Gasteiger charge is -2.24. The fraction of sp³-hybridized carbons (Fsp3) is 0.364. The fourth-order valence-electron chi connectivity index (χ4n) is 1.54. The minimum absolute atomic E-state index is 0.112. The van der Waals surface area contributed by atoms with Crippen LogP contribution in [-0.4, -0.2) is 47.6 Å². The zero-order valence-corrected chi connectivity index (χ0v) is 8.93. The van der Waals surface area contributed by atoms with Crippen molar-refractivity contribution in [2.24, 2.45) is 5.10 Å². The van der Waals surface area contributed by atoms with E-state index < -0.39 is 0 Å². The van der Waals surface area contributed by atoms with Crippen LogP contribution in [0.15, 0.2) is 23.3 Å². The highest BCUT2D eigenvalue weighted by Crippen LogP contribution is 2.23. The minimum Gasteiger partial charge on any atom is -0.504 e. The van der Waals surface area contributed by atoms with Gasteiger partial charge >= 0.3 is 0 Å². The minimum atomic E-state index is -0.121. The molecule has 1 saturated heterocycles. The lowest BCUT2D eigenvalue weighted by Crippen LogP contribution is -2.40. The van der Waals surface area contributed by atoms with Gasteiger partial charge in [-0.1, -0.05) is 0 Å². The van der Waals surface area contributed by atoms with E-state index in [1.54, 1.807) is 12.3 Å².